The molecule has 2 rings (SSSR count). The Kier molecular flexibility index (Phi) is 6.34. The maximum Gasteiger partial charge on any atom is 0.220 e. The van der Waals surface area contributed by atoms with Crippen LogP contribution >= 0.6 is 12.6 Å². The number of nitrogens with one attached hydrogen (secondary N) is 1. The number of benzene rings is 2. The molecular formula is C18H21NO2S. The Morgan fingerprint density at radius 1 is 1.09 bits per heavy atom. The quantitative estimate of drug-likeness (QED) is 0.688. The molecule has 2 aromatic rings. The molecule has 0 spiro atoms. The SMILES string of the molecule is O=C(CCc1ccccc1O)N[C@@H](CS)Cc1ccccc1. The second-order valence-electron chi connectivity index (χ2n) is 5.27. The second-order valence-corrected chi connectivity index (χ2v) is 5.63. The summed E-state index contributed by atoms with van der Waals surface area (Å²) in [6, 6.07) is 17.2. The van der Waals surface area contributed by atoms with E-state index in [9.17, 15) is 9.90 Å². The summed E-state index contributed by atoms with van der Waals surface area (Å²) in [6.45, 7) is 0. The van der Waals surface area contributed by atoms with Gasteiger partial charge in [0.2, 0.25) is 5.91 Å². The third kappa shape index (κ3) is 5.11. The molecule has 0 radical (unpaired) electrons. The zero-order valence-corrected chi connectivity index (χ0v) is 13.3. The lowest BCUT2D eigenvalue weighted by atomic mass is 10.1. The molecule has 1 amide bonds. The molecule has 2 aromatic carbocycles. The maximum atomic E-state index is 12.1. The van der Waals surface area contributed by atoms with Gasteiger partial charge in [-0.2, -0.15) is 12.6 Å². The summed E-state index contributed by atoms with van der Waals surface area (Å²) in [7, 11) is 0. The highest BCUT2D eigenvalue weighted by molar-refractivity contribution is 7.80. The van der Waals surface area contributed by atoms with Crippen LogP contribution in [0.15, 0.2) is 54.6 Å². The van der Waals surface area contributed by atoms with Crippen molar-refractivity contribution in [3.8, 4) is 5.75 Å². The number of hydrogen-bond donors (Lipinski definition) is 3. The molecule has 0 aliphatic heterocycles. The number of carbonyl (C=O) groups excluding carboxylic acids is 1. The summed E-state index contributed by atoms with van der Waals surface area (Å²) in [4.78, 5) is 12.1. The van der Waals surface area contributed by atoms with E-state index in [1.807, 2.05) is 42.5 Å². The summed E-state index contributed by atoms with van der Waals surface area (Å²) < 4.78 is 0. The van der Waals surface area contributed by atoms with E-state index in [1.54, 1.807) is 12.1 Å². The van der Waals surface area contributed by atoms with Crippen molar-refractivity contribution in [2.45, 2.75) is 25.3 Å². The van der Waals surface area contributed by atoms with Crippen LogP contribution in [-0.4, -0.2) is 22.8 Å². The number of hydrogen-bond acceptors (Lipinski definition) is 3. The van der Waals surface area contributed by atoms with Gasteiger partial charge in [0.25, 0.3) is 0 Å². The Labute approximate surface area is 136 Å². The third-order valence-corrected chi connectivity index (χ3v) is 3.96. The lowest BCUT2D eigenvalue weighted by Crippen LogP contribution is -2.37. The smallest absolute Gasteiger partial charge is 0.220 e. The Hall–Kier alpha value is -1.94. The number of carbonyl (C=O) groups is 1. The summed E-state index contributed by atoms with van der Waals surface area (Å²) in [5.74, 6) is 0.820. The van der Waals surface area contributed by atoms with Crippen LogP contribution in [0.4, 0.5) is 0 Å². The second kappa shape index (κ2) is 8.49. The van der Waals surface area contributed by atoms with Crippen LogP contribution in [0.25, 0.3) is 0 Å². The number of phenolic OH excluding ortho intramolecular Hbond substituents is 1. The summed E-state index contributed by atoms with van der Waals surface area (Å²) in [5, 5.41) is 12.7. The van der Waals surface area contributed by atoms with E-state index >= 15 is 0 Å². The van der Waals surface area contributed by atoms with Crippen LogP contribution in [0.2, 0.25) is 0 Å². The first kappa shape index (κ1) is 16.4. The highest BCUT2D eigenvalue weighted by Crippen LogP contribution is 2.17. The van der Waals surface area contributed by atoms with Crippen LogP contribution in [0.1, 0.15) is 17.5 Å². The van der Waals surface area contributed by atoms with E-state index < -0.39 is 0 Å². The van der Waals surface area contributed by atoms with Crippen LogP contribution in [-0.2, 0) is 17.6 Å². The maximum absolute atomic E-state index is 12.1. The average Bonchev–Trinajstić information content (AvgIpc) is 2.54. The van der Waals surface area contributed by atoms with Gasteiger partial charge in [-0.05, 0) is 30.0 Å². The summed E-state index contributed by atoms with van der Waals surface area (Å²) >= 11 is 4.32. The van der Waals surface area contributed by atoms with Crippen molar-refractivity contribution in [1.82, 2.24) is 5.32 Å². The van der Waals surface area contributed by atoms with Crippen molar-refractivity contribution < 1.29 is 9.90 Å². The topological polar surface area (TPSA) is 49.3 Å². The first-order valence-electron chi connectivity index (χ1n) is 7.40. The van der Waals surface area contributed by atoms with Gasteiger partial charge in [-0.25, -0.2) is 0 Å². The zero-order chi connectivity index (χ0) is 15.8. The number of phenols is 1. The van der Waals surface area contributed by atoms with Crippen molar-refractivity contribution in [1.29, 1.82) is 0 Å². The fraction of sp³-hybridized carbons (Fsp3) is 0.278. The number of aromatic hydroxyl groups is 1. The molecule has 0 bridgehead atoms. The van der Waals surface area contributed by atoms with Crippen molar-refractivity contribution in [3.63, 3.8) is 0 Å². The molecule has 0 aliphatic rings. The van der Waals surface area contributed by atoms with Crippen molar-refractivity contribution >= 4 is 18.5 Å². The average molecular weight is 315 g/mol. The first-order chi connectivity index (χ1) is 10.7. The largest absolute Gasteiger partial charge is 0.508 e. The molecule has 0 unspecified atom stereocenters. The molecule has 3 nitrogen and oxygen atoms in total. The van der Waals surface area contributed by atoms with E-state index in [0.29, 0.717) is 18.6 Å². The first-order valence-corrected chi connectivity index (χ1v) is 8.03. The normalized spacial score (nSPS) is 11.9. The zero-order valence-electron chi connectivity index (χ0n) is 12.4. The molecule has 2 N–H and O–H groups in total. The van der Waals surface area contributed by atoms with Gasteiger partial charge in [0.1, 0.15) is 5.75 Å². The molecule has 22 heavy (non-hydrogen) atoms. The number of rotatable bonds is 7. The molecule has 0 saturated carbocycles. The van der Waals surface area contributed by atoms with Gasteiger partial charge < -0.3 is 10.4 Å². The van der Waals surface area contributed by atoms with Crippen LogP contribution in [0.3, 0.4) is 0 Å². The standard InChI is InChI=1S/C18H21NO2S/c20-17-9-5-4-8-15(17)10-11-18(21)19-16(13-22)12-14-6-2-1-3-7-14/h1-9,16,20,22H,10-13H2,(H,19,21)/t16-/m1/s1. The minimum atomic E-state index is -0.0155. The van der Waals surface area contributed by atoms with Crippen LogP contribution in [0.5, 0.6) is 5.75 Å². The monoisotopic (exact) mass is 315 g/mol. The van der Waals surface area contributed by atoms with Gasteiger partial charge in [0.15, 0.2) is 0 Å². The molecule has 116 valence electrons. The number of thiol groups is 1. The Morgan fingerprint density at radius 2 is 1.77 bits per heavy atom. The molecule has 0 aromatic heterocycles. The van der Waals surface area contributed by atoms with Crippen molar-refractivity contribution in [2.75, 3.05) is 5.75 Å². The number of para-hydroxylation sites is 1. The minimum absolute atomic E-state index is 0.0155. The summed E-state index contributed by atoms with van der Waals surface area (Å²) in [6.07, 6.45) is 1.66. The molecule has 4 heteroatoms. The Balaban J connectivity index is 1.83. The number of aryl methyl sites for hydroxylation is 1. The third-order valence-electron chi connectivity index (χ3n) is 3.52. The Bertz CT molecular complexity index is 601. The van der Waals surface area contributed by atoms with E-state index in [2.05, 4.69) is 17.9 Å². The van der Waals surface area contributed by atoms with Gasteiger partial charge in [-0.1, -0.05) is 48.5 Å². The fourth-order valence-electron chi connectivity index (χ4n) is 2.33. The van der Waals surface area contributed by atoms with E-state index in [4.69, 9.17) is 0 Å². The lowest BCUT2D eigenvalue weighted by molar-refractivity contribution is -0.121. The lowest BCUT2D eigenvalue weighted by Gasteiger charge is -2.17. The highest BCUT2D eigenvalue weighted by Gasteiger charge is 2.12. The van der Waals surface area contributed by atoms with Gasteiger partial charge in [0.05, 0.1) is 0 Å². The molecular weight excluding hydrogens is 294 g/mol. The fourth-order valence-corrected chi connectivity index (χ4v) is 2.55. The predicted molar refractivity (Wildman–Crippen MR) is 92.4 cm³/mol. The molecule has 0 heterocycles. The van der Waals surface area contributed by atoms with Crippen LogP contribution in [0, 0.1) is 0 Å². The number of amides is 1. The highest BCUT2D eigenvalue weighted by atomic mass is 32.1. The van der Waals surface area contributed by atoms with Gasteiger partial charge in [0, 0.05) is 18.2 Å². The van der Waals surface area contributed by atoms with Gasteiger partial charge in [-0.3, -0.25) is 4.79 Å². The van der Waals surface area contributed by atoms with Crippen molar-refractivity contribution in [2.24, 2.45) is 0 Å². The van der Waals surface area contributed by atoms with E-state index in [1.165, 1.54) is 5.56 Å². The molecule has 0 saturated heterocycles. The Morgan fingerprint density at radius 3 is 2.45 bits per heavy atom. The summed E-state index contributed by atoms with van der Waals surface area (Å²) in [5.41, 5.74) is 1.98. The molecule has 1 atom stereocenters. The predicted octanol–water partition coefficient (Wildman–Crippen LogP) is 2.98. The minimum Gasteiger partial charge on any atom is -0.508 e. The van der Waals surface area contributed by atoms with E-state index in [0.717, 1.165) is 12.0 Å². The van der Waals surface area contributed by atoms with Gasteiger partial charge >= 0.3 is 0 Å². The molecule has 0 aliphatic carbocycles. The van der Waals surface area contributed by atoms with Crippen molar-refractivity contribution in [3.05, 3.63) is 65.7 Å². The van der Waals surface area contributed by atoms with Gasteiger partial charge in [-0.15, -0.1) is 0 Å². The van der Waals surface area contributed by atoms with Crippen LogP contribution < -0.4 is 5.32 Å². The van der Waals surface area contributed by atoms with E-state index in [-0.39, 0.29) is 17.7 Å². The molecule has 0 fully saturated rings.